The highest BCUT2D eigenvalue weighted by Gasteiger charge is 2.38. The lowest BCUT2D eigenvalue weighted by molar-refractivity contribution is -0.385. The van der Waals surface area contributed by atoms with E-state index in [9.17, 15) is 19.7 Å². The second-order valence-corrected chi connectivity index (χ2v) is 5.92. The molecule has 0 aliphatic carbocycles. The maximum Gasteiger partial charge on any atom is 0.273 e. The highest BCUT2D eigenvalue weighted by Crippen LogP contribution is 2.44. The van der Waals surface area contributed by atoms with Crippen molar-refractivity contribution in [3.8, 4) is 0 Å². The molecule has 0 spiro atoms. The van der Waals surface area contributed by atoms with Crippen LogP contribution in [0.3, 0.4) is 0 Å². The van der Waals surface area contributed by atoms with Gasteiger partial charge in [0.25, 0.3) is 5.69 Å². The molecular formula is C18H20N2O4. The van der Waals surface area contributed by atoms with Crippen molar-refractivity contribution in [2.45, 2.75) is 33.6 Å². The quantitative estimate of drug-likeness (QED) is 0.625. The number of hydrogen-bond acceptors (Lipinski definition) is 5. The maximum atomic E-state index is 12.3. The van der Waals surface area contributed by atoms with E-state index >= 15 is 0 Å². The molecule has 1 aliphatic rings. The SMILES string of the molecule is CC(=O)C1=C(C)N(C)C(C)=C(C(C)=O)C1c1ccccc1[N+](=O)[O-]. The number of benzene rings is 1. The first-order valence-corrected chi connectivity index (χ1v) is 7.58. The largest absolute Gasteiger partial charge is 0.351 e. The summed E-state index contributed by atoms with van der Waals surface area (Å²) in [6, 6.07) is 6.26. The molecule has 1 aromatic rings. The minimum Gasteiger partial charge on any atom is -0.351 e. The van der Waals surface area contributed by atoms with Crippen LogP contribution in [0.1, 0.15) is 39.2 Å². The molecule has 0 fully saturated rings. The van der Waals surface area contributed by atoms with Crippen molar-refractivity contribution in [3.05, 3.63) is 62.5 Å². The van der Waals surface area contributed by atoms with Gasteiger partial charge in [-0.05, 0) is 27.7 Å². The molecule has 0 saturated carbocycles. The van der Waals surface area contributed by atoms with E-state index in [0.29, 0.717) is 28.1 Å². The molecule has 1 aromatic carbocycles. The van der Waals surface area contributed by atoms with Gasteiger partial charge in [0.15, 0.2) is 11.6 Å². The Kier molecular flexibility index (Phi) is 4.68. The van der Waals surface area contributed by atoms with Crippen LogP contribution >= 0.6 is 0 Å². The van der Waals surface area contributed by atoms with Gasteiger partial charge in [-0.15, -0.1) is 0 Å². The zero-order valence-electron chi connectivity index (χ0n) is 14.4. The normalized spacial score (nSPS) is 15.8. The van der Waals surface area contributed by atoms with E-state index in [1.807, 2.05) is 0 Å². The second kappa shape index (κ2) is 6.39. The van der Waals surface area contributed by atoms with Crippen LogP contribution in [-0.2, 0) is 9.59 Å². The van der Waals surface area contributed by atoms with Crippen molar-refractivity contribution in [2.24, 2.45) is 0 Å². The molecule has 0 bridgehead atoms. The fraction of sp³-hybridized carbons (Fsp3) is 0.333. The van der Waals surface area contributed by atoms with Gasteiger partial charge in [0.1, 0.15) is 0 Å². The molecule has 0 aromatic heterocycles. The summed E-state index contributed by atoms with van der Waals surface area (Å²) in [6.45, 7) is 6.43. The lowest BCUT2D eigenvalue weighted by atomic mass is 9.76. The van der Waals surface area contributed by atoms with E-state index in [1.54, 1.807) is 44.0 Å². The van der Waals surface area contributed by atoms with Gasteiger partial charge in [-0.3, -0.25) is 19.7 Å². The Morgan fingerprint density at radius 3 is 1.92 bits per heavy atom. The minimum atomic E-state index is -0.724. The first-order chi connectivity index (χ1) is 11.2. The van der Waals surface area contributed by atoms with E-state index < -0.39 is 10.8 Å². The molecule has 6 heteroatoms. The van der Waals surface area contributed by atoms with E-state index in [4.69, 9.17) is 0 Å². The van der Waals surface area contributed by atoms with E-state index in [2.05, 4.69) is 0 Å². The number of para-hydroxylation sites is 1. The molecule has 0 N–H and O–H groups in total. The summed E-state index contributed by atoms with van der Waals surface area (Å²) in [6.07, 6.45) is 0. The summed E-state index contributed by atoms with van der Waals surface area (Å²) in [5.74, 6) is -1.12. The number of rotatable bonds is 4. The third-order valence-electron chi connectivity index (χ3n) is 4.57. The first kappa shape index (κ1) is 17.6. The predicted octanol–water partition coefficient (Wildman–Crippen LogP) is 3.35. The first-order valence-electron chi connectivity index (χ1n) is 7.58. The number of nitro benzene ring substituents is 1. The van der Waals surface area contributed by atoms with Crippen LogP contribution in [0.25, 0.3) is 0 Å². The van der Waals surface area contributed by atoms with Crippen LogP contribution in [-0.4, -0.2) is 28.4 Å². The molecule has 1 heterocycles. The van der Waals surface area contributed by atoms with Gasteiger partial charge in [-0.2, -0.15) is 0 Å². The van der Waals surface area contributed by atoms with E-state index in [-0.39, 0.29) is 17.3 Å². The molecule has 0 unspecified atom stereocenters. The molecule has 6 nitrogen and oxygen atoms in total. The average molecular weight is 328 g/mol. The van der Waals surface area contributed by atoms with Gasteiger partial charge in [-0.1, -0.05) is 18.2 Å². The minimum absolute atomic E-state index is 0.0925. The van der Waals surface area contributed by atoms with Crippen molar-refractivity contribution in [1.82, 2.24) is 4.90 Å². The van der Waals surface area contributed by atoms with Gasteiger partial charge >= 0.3 is 0 Å². The number of carbonyl (C=O) groups is 2. The lowest BCUT2D eigenvalue weighted by Crippen LogP contribution is -2.31. The lowest BCUT2D eigenvalue weighted by Gasteiger charge is -2.35. The second-order valence-electron chi connectivity index (χ2n) is 5.92. The van der Waals surface area contributed by atoms with E-state index in [1.165, 1.54) is 19.9 Å². The molecule has 126 valence electrons. The third-order valence-corrected chi connectivity index (χ3v) is 4.57. The van der Waals surface area contributed by atoms with Crippen molar-refractivity contribution >= 4 is 17.3 Å². The third kappa shape index (κ3) is 2.75. The molecule has 0 saturated heterocycles. The summed E-state index contributed by atoms with van der Waals surface area (Å²) in [5, 5.41) is 11.4. The van der Waals surface area contributed by atoms with E-state index in [0.717, 1.165) is 0 Å². The van der Waals surface area contributed by atoms with Crippen molar-refractivity contribution < 1.29 is 14.5 Å². The molecular weight excluding hydrogens is 308 g/mol. The van der Waals surface area contributed by atoms with Gasteiger partial charge in [0.05, 0.1) is 10.8 Å². The Morgan fingerprint density at radius 1 is 1.04 bits per heavy atom. The molecule has 24 heavy (non-hydrogen) atoms. The summed E-state index contributed by atoms with van der Waals surface area (Å²) in [5.41, 5.74) is 2.52. The molecule has 2 rings (SSSR count). The van der Waals surface area contributed by atoms with Crippen LogP contribution < -0.4 is 0 Å². The van der Waals surface area contributed by atoms with Crippen LogP contribution in [0, 0.1) is 10.1 Å². The van der Waals surface area contributed by atoms with Crippen molar-refractivity contribution in [2.75, 3.05) is 7.05 Å². The summed E-state index contributed by atoms with van der Waals surface area (Å²) < 4.78 is 0. The number of Topliss-reactive ketones (excluding diaryl/α,β-unsaturated/α-hetero) is 2. The predicted molar refractivity (Wildman–Crippen MR) is 90.4 cm³/mol. The summed E-state index contributed by atoms with van der Waals surface area (Å²) in [7, 11) is 1.78. The Morgan fingerprint density at radius 2 is 1.50 bits per heavy atom. The highest BCUT2D eigenvalue weighted by molar-refractivity contribution is 6.04. The topological polar surface area (TPSA) is 80.5 Å². The van der Waals surface area contributed by atoms with Crippen molar-refractivity contribution in [1.29, 1.82) is 0 Å². The zero-order chi connectivity index (χ0) is 18.2. The Bertz CT molecular complexity index is 767. The zero-order valence-corrected chi connectivity index (χ0v) is 14.4. The van der Waals surface area contributed by atoms with Crippen LogP contribution in [0.4, 0.5) is 5.69 Å². The van der Waals surface area contributed by atoms with Crippen LogP contribution in [0.2, 0.25) is 0 Å². The number of ketones is 2. The van der Waals surface area contributed by atoms with Crippen molar-refractivity contribution in [3.63, 3.8) is 0 Å². The average Bonchev–Trinajstić information content (AvgIpc) is 2.51. The summed E-state index contributed by atoms with van der Waals surface area (Å²) >= 11 is 0. The van der Waals surface area contributed by atoms with Crippen LogP contribution in [0.5, 0.6) is 0 Å². The maximum absolute atomic E-state index is 12.3. The van der Waals surface area contributed by atoms with Gasteiger partial charge in [0, 0.05) is 41.2 Å². The smallest absolute Gasteiger partial charge is 0.273 e. The highest BCUT2D eigenvalue weighted by atomic mass is 16.6. The molecule has 0 amide bonds. The summed E-state index contributed by atoms with van der Waals surface area (Å²) in [4.78, 5) is 37.4. The monoisotopic (exact) mass is 328 g/mol. The van der Waals surface area contributed by atoms with Gasteiger partial charge < -0.3 is 4.90 Å². The van der Waals surface area contributed by atoms with Crippen LogP contribution in [0.15, 0.2) is 46.8 Å². The number of carbonyl (C=O) groups excluding carboxylic acids is 2. The Balaban J connectivity index is 2.86. The Hall–Kier alpha value is -2.76. The molecule has 0 radical (unpaired) electrons. The fourth-order valence-electron chi connectivity index (χ4n) is 3.30. The fourth-order valence-corrected chi connectivity index (χ4v) is 3.30. The number of hydrogen-bond donors (Lipinski definition) is 0. The number of allylic oxidation sites excluding steroid dienone is 4. The molecule has 1 aliphatic heterocycles. The van der Waals surface area contributed by atoms with Gasteiger partial charge in [0.2, 0.25) is 0 Å². The number of nitro groups is 1. The Labute approximate surface area is 140 Å². The van der Waals surface area contributed by atoms with Gasteiger partial charge in [-0.25, -0.2) is 0 Å². The molecule has 0 atom stereocenters. The number of nitrogens with zero attached hydrogens (tertiary/aromatic N) is 2. The standard InChI is InChI=1S/C18H20N2O4/c1-10-16(12(3)21)18(17(13(4)22)11(2)19(10)5)14-8-6-7-9-15(14)20(23)24/h6-9,18H,1-5H3.